The Bertz CT molecular complexity index is 746. The van der Waals surface area contributed by atoms with Crippen LogP contribution in [0.2, 0.25) is 0 Å². The fourth-order valence-electron chi connectivity index (χ4n) is 1.89. The van der Waals surface area contributed by atoms with E-state index in [1.165, 1.54) is 19.2 Å². The number of nitrogens with one attached hydrogen (secondary N) is 1. The van der Waals surface area contributed by atoms with Gasteiger partial charge in [-0.3, -0.25) is 9.48 Å². The molecule has 6 nitrogen and oxygen atoms in total. The Morgan fingerprint density at radius 3 is 2.56 bits per heavy atom. The molecule has 1 aromatic heterocycles. The Labute approximate surface area is 138 Å². The van der Waals surface area contributed by atoms with Crippen LogP contribution in [0.1, 0.15) is 5.69 Å². The molecule has 1 N–H and O–H groups in total. The molecule has 1 amide bonds. The van der Waals surface area contributed by atoms with Crippen molar-refractivity contribution in [1.82, 2.24) is 9.78 Å². The second-order valence-corrected chi connectivity index (χ2v) is 4.69. The fourth-order valence-corrected chi connectivity index (χ4v) is 1.89. The van der Waals surface area contributed by atoms with E-state index in [1.54, 1.807) is 0 Å². The zero-order valence-electron chi connectivity index (χ0n) is 12.7. The Morgan fingerprint density at radius 2 is 2.00 bits per heavy atom. The third-order valence-electron chi connectivity index (χ3n) is 2.90. The minimum absolute atomic E-state index is 0.0449. The molecular weight excluding hydrogens is 353 g/mol. The number of alkyl halides is 5. The van der Waals surface area contributed by atoms with Gasteiger partial charge in [0.15, 0.2) is 17.2 Å². The van der Waals surface area contributed by atoms with Crippen LogP contribution in [-0.2, 0) is 17.5 Å². The topological polar surface area (TPSA) is 65.4 Å². The lowest BCUT2D eigenvalue weighted by Gasteiger charge is -2.12. The summed E-state index contributed by atoms with van der Waals surface area (Å²) in [5.41, 5.74) is -0.929. The summed E-state index contributed by atoms with van der Waals surface area (Å²) in [6.07, 6.45) is -3.59. The highest BCUT2D eigenvalue weighted by Crippen LogP contribution is 2.31. The number of benzene rings is 1. The van der Waals surface area contributed by atoms with E-state index < -0.39 is 30.9 Å². The number of carbonyl (C=O) groups is 1. The lowest BCUT2D eigenvalue weighted by molar-refractivity contribution is -0.141. The molecular formula is C14H12F5N3O3. The standard InChI is InChI=1S/C14H12F5N3O3/c1-24-10-6-8(2-3-9(10)25-13(15)16)20-12(23)7-22-5-4-11(21-22)14(17,18)19/h2-6,13H,7H2,1H3,(H,20,23). The molecule has 0 saturated carbocycles. The molecule has 11 heteroatoms. The van der Waals surface area contributed by atoms with Crippen molar-refractivity contribution >= 4 is 11.6 Å². The van der Waals surface area contributed by atoms with E-state index in [1.807, 2.05) is 0 Å². The zero-order valence-corrected chi connectivity index (χ0v) is 12.7. The molecule has 0 atom stereocenters. The molecule has 0 aliphatic rings. The third-order valence-corrected chi connectivity index (χ3v) is 2.90. The summed E-state index contributed by atoms with van der Waals surface area (Å²) in [6.45, 7) is -3.51. The van der Waals surface area contributed by atoms with Gasteiger partial charge >= 0.3 is 12.8 Å². The molecule has 0 spiro atoms. The van der Waals surface area contributed by atoms with Crippen LogP contribution in [0.3, 0.4) is 0 Å². The second-order valence-electron chi connectivity index (χ2n) is 4.69. The predicted molar refractivity (Wildman–Crippen MR) is 75.5 cm³/mol. The fraction of sp³-hybridized carbons (Fsp3) is 0.286. The monoisotopic (exact) mass is 365 g/mol. The maximum atomic E-state index is 12.4. The molecule has 1 heterocycles. The van der Waals surface area contributed by atoms with Crippen molar-refractivity contribution in [2.45, 2.75) is 19.3 Å². The first-order valence-corrected chi connectivity index (χ1v) is 6.72. The van der Waals surface area contributed by atoms with Crippen molar-refractivity contribution in [2.24, 2.45) is 0 Å². The molecule has 0 unspecified atom stereocenters. The van der Waals surface area contributed by atoms with Crippen LogP contribution in [0.25, 0.3) is 0 Å². The van der Waals surface area contributed by atoms with Gasteiger partial charge in [-0.05, 0) is 18.2 Å². The van der Waals surface area contributed by atoms with Crippen LogP contribution >= 0.6 is 0 Å². The minimum Gasteiger partial charge on any atom is -0.493 e. The first-order chi connectivity index (χ1) is 11.7. The Morgan fingerprint density at radius 1 is 1.28 bits per heavy atom. The average molecular weight is 365 g/mol. The largest absolute Gasteiger partial charge is 0.493 e. The number of halogens is 5. The lowest BCUT2D eigenvalue weighted by atomic mass is 10.2. The molecule has 0 radical (unpaired) electrons. The molecule has 136 valence electrons. The summed E-state index contributed by atoms with van der Waals surface area (Å²) < 4.78 is 71.7. The summed E-state index contributed by atoms with van der Waals surface area (Å²) in [6, 6.07) is 4.42. The molecule has 1 aromatic carbocycles. The van der Waals surface area contributed by atoms with Crippen LogP contribution in [-0.4, -0.2) is 29.4 Å². The van der Waals surface area contributed by atoms with Crippen LogP contribution in [0.5, 0.6) is 11.5 Å². The van der Waals surface area contributed by atoms with Crippen LogP contribution in [0.15, 0.2) is 30.5 Å². The predicted octanol–water partition coefficient (Wildman–Crippen LogP) is 3.15. The lowest BCUT2D eigenvalue weighted by Crippen LogP contribution is -2.19. The van der Waals surface area contributed by atoms with Crippen molar-refractivity contribution in [3.05, 3.63) is 36.2 Å². The van der Waals surface area contributed by atoms with Gasteiger partial charge in [-0.2, -0.15) is 27.1 Å². The molecule has 2 rings (SSSR count). The SMILES string of the molecule is COc1cc(NC(=O)Cn2ccc(C(F)(F)F)n2)ccc1OC(F)F. The number of hydrogen-bond acceptors (Lipinski definition) is 4. The minimum atomic E-state index is -4.60. The second kappa shape index (κ2) is 7.36. The van der Waals surface area contributed by atoms with E-state index in [0.717, 1.165) is 23.0 Å². The van der Waals surface area contributed by atoms with Gasteiger partial charge in [-0.15, -0.1) is 0 Å². The Balaban J connectivity index is 2.04. The van der Waals surface area contributed by atoms with Gasteiger partial charge in [0, 0.05) is 18.0 Å². The smallest absolute Gasteiger partial charge is 0.435 e. The van der Waals surface area contributed by atoms with E-state index in [9.17, 15) is 26.7 Å². The van der Waals surface area contributed by atoms with Gasteiger partial charge in [0.05, 0.1) is 7.11 Å². The molecule has 0 aliphatic carbocycles. The normalized spacial score (nSPS) is 11.5. The van der Waals surface area contributed by atoms with Crippen LogP contribution in [0.4, 0.5) is 27.6 Å². The first kappa shape index (κ1) is 18.5. The van der Waals surface area contributed by atoms with Gasteiger partial charge in [0.25, 0.3) is 0 Å². The summed E-state index contributed by atoms with van der Waals surface area (Å²) >= 11 is 0. The van der Waals surface area contributed by atoms with Crippen molar-refractivity contribution in [2.75, 3.05) is 12.4 Å². The molecule has 2 aromatic rings. The zero-order chi connectivity index (χ0) is 18.6. The number of nitrogens with zero attached hydrogens (tertiary/aromatic N) is 2. The van der Waals surface area contributed by atoms with Crippen molar-refractivity contribution < 1.29 is 36.2 Å². The first-order valence-electron chi connectivity index (χ1n) is 6.72. The molecule has 0 saturated heterocycles. The van der Waals surface area contributed by atoms with Gasteiger partial charge in [0.2, 0.25) is 5.91 Å². The van der Waals surface area contributed by atoms with Crippen molar-refractivity contribution in [1.29, 1.82) is 0 Å². The summed E-state index contributed by atoms with van der Waals surface area (Å²) in [5.74, 6) is -0.935. The number of anilines is 1. The van der Waals surface area contributed by atoms with Crippen molar-refractivity contribution in [3.8, 4) is 11.5 Å². The highest BCUT2D eigenvalue weighted by molar-refractivity contribution is 5.90. The van der Waals surface area contributed by atoms with Gasteiger partial charge in [-0.1, -0.05) is 0 Å². The number of carbonyl (C=O) groups excluding carboxylic acids is 1. The van der Waals surface area contributed by atoms with Gasteiger partial charge in [0.1, 0.15) is 6.54 Å². The number of amides is 1. The maximum Gasteiger partial charge on any atom is 0.435 e. The maximum absolute atomic E-state index is 12.4. The summed E-state index contributed by atoms with van der Waals surface area (Å²) in [7, 11) is 1.22. The number of aromatic nitrogens is 2. The highest BCUT2D eigenvalue weighted by atomic mass is 19.4. The summed E-state index contributed by atoms with van der Waals surface area (Å²) in [5, 5.41) is 5.64. The average Bonchev–Trinajstić information content (AvgIpc) is 2.96. The van der Waals surface area contributed by atoms with E-state index in [-0.39, 0.29) is 17.2 Å². The van der Waals surface area contributed by atoms with Gasteiger partial charge in [-0.25, -0.2) is 0 Å². The van der Waals surface area contributed by atoms with E-state index >= 15 is 0 Å². The Hall–Kier alpha value is -2.85. The quantitative estimate of drug-likeness (QED) is 0.799. The number of ether oxygens (including phenoxy) is 2. The van der Waals surface area contributed by atoms with Crippen molar-refractivity contribution in [3.63, 3.8) is 0 Å². The Kier molecular flexibility index (Phi) is 5.45. The van der Waals surface area contributed by atoms with E-state index in [0.29, 0.717) is 0 Å². The van der Waals surface area contributed by atoms with Crippen LogP contribution < -0.4 is 14.8 Å². The third kappa shape index (κ3) is 5.06. The van der Waals surface area contributed by atoms with E-state index in [2.05, 4.69) is 15.2 Å². The number of hydrogen-bond donors (Lipinski definition) is 1. The van der Waals surface area contributed by atoms with E-state index in [4.69, 9.17) is 4.74 Å². The molecule has 0 aliphatic heterocycles. The number of rotatable bonds is 6. The summed E-state index contributed by atoms with van der Waals surface area (Å²) in [4.78, 5) is 11.9. The molecule has 25 heavy (non-hydrogen) atoms. The molecule has 0 bridgehead atoms. The molecule has 0 fully saturated rings. The van der Waals surface area contributed by atoms with Crippen LogP contribution in [0, 0.1) is 0 Å². The van der Waals surface area contributed by atoms with Gasteiger partial charge < -0.3 is 14.8 Å². The highest BCUT2D eigenvalue weighted by Gasteiger charge is 2.33. The number of methoxy groups -OCH3 is 1.